The number of rotatable bonds is 10. The molecule has 1 aromatic carbocycles. The van der Waals surface area contributed by atoms with Crippen molar-refractivity contribution >= 4 is 28.8 Å². The fourth-order valence-corrected chi connectivity index (χ4v) is 5.23. The maximum Gasteiger partial charge on any atom is 0.244 e. The quantitative estimate of drug-likeness (QED) is 0.355. The molecule has 0 unspecified atom stereocenters. The Kier molecular flexibility index (Phi) is 8.81. The number of aromatic nitrogens is 3. The van der Waals surface area contributed by atoms with Gasteiger partial charge in [0.25, 0.3) is 0 Å². The van der Waals surface area contributed by atoms with E-state index in [1.165, 1.54) is 0 Å². The van der Waals surface area contributed by atoms with Crippen molar-refractivity contribution in [2.24, 2.45) is 0 Å². The minimum Gasteiger partial charge on any atom is -0.396 e. The number of allylic oxidation sites excluding steroid dienone is 1. The summed E-state index contributed by atoms with van der Waals surface area (Å²) in [5.74, 6) is 0.433. The molecule has 2 aromatic heterocycles. The van der Waals surface area contributed by atoms with Crippen LogP contribution in [0.4, 0.5) is 17.3 Å². The van der Waals surface area contributed by atoms with Crippen molar-refractivity contribution in [2.45, 2.75) is 25.8 Å². The maximum atomic E-state index is 13.5. The van der Waals surface area contributed by atoms with Crippen molar-refractivity contribution in [2.75, 3.05) is 64.2 Å². The van der Waals surface area contributed by atoms with Crippen LogP contribution in [0.3, 0.4) is 0 Å². The topological polar surface area (TPSA) is 116 Å². The minimum atomic E-state index is -0.340. The highest BCUT2D eigenvalue weighted by molar-refractivity contribution is 5.97. The number of hydrogen-bond acceptors (Lipinski definition) is 9. The summed E-state index contributed by atoms with van der Waals surface area (Å²) in [6, 6.07) is 9.46. The van der Waals surface area contributed by atoms with Crippen LogP contribution in [0.2, 0.25) is 0 Å². The fraction of sp³-hybridized carbons (Fsp3) is 0.400. The molecule has 0 spiro atoms. The molecular formula is C30H37N7O3. The number of benzene rings is 1. The molecule has 10 nitrogen and oxygen atoms in total. The summed E-state index contributed by atoms with van der Waals surface area (Å²) in [5, 5.41) is 15.6. The van der Waals surface area contributed by atoms with Crippen molar-refractivity contribution in [3.05, 3.63) is 76.9 Å². The zero-order valence-corrected chi connectivity index (χ0v) is 23.4. The van der Waals surface area contributed by atoms with Crippen molar-refractivity contribution in [1.82, 2.24) is 24.8 Å². The van der Waals surface area contributed by atoms with Crippen LogP contribution in [0.1, 0.15) is 28.1 Å². The van der Waals surface area contributed by atoms with Crippen molar-refractivity contribution in [3.8, 4) is 0 Å². The van der Waals surface area contributed by atoms with Crippen LogP contribution in [0.15, 0.2) is 48.8 Å². The summed E-state index contributed by atoms with van der Waals surface area (Å²) in [6.07, 6.45) is 6.91. The summed E-state index contributed by atoms with van der Waals surface area (Å²) < 4.78 is 5.43. The molecule has 40 heavy (non-hydrogen) atoms. The first kappa shape index (κ1) is 27.9. The second kappa shape index (κ2) is 12.6. The Morgan fingerprint density at radius 3 is 2.67 bits per heavy atom. The lowest BCUT2D eigenvalue weighted by Crippen LogP contribution is -2.54. The molecule has 1 saturated heterocycles. The minimum absolute atomic E-state index is 0.0448. The van der Waals surface area contributed by atoms with Crippen LogP contribution >= 0.6 is 0 Å². The average molecular weight is 544 g/mol. The molecule has 1 fully saturated rings. The first-order chi connectivity index (χ1) is 19.5. The molecule has 210 valence electrons. The van der Waals surface area contributed by atoms with Gasteiger partial charge in [-0.3, -0.25) is 14.7 Å². The van der Waals surface area contributed by atoms with E-state index in [1.54, 1.807) is 13.3 Å². The largest absolute Gasteiger partial charge is 0.396 e. The van der Waals surface area contributed by atoms with Gasteiger partial charge in [-0.2, -0.15) is 0 Å². The van der Waals surface area contributed by atoms with Crippen LogP contribution < -0.4 is 10.6 Å². The number of amides is 1. The SMILES string of the molecule is COC[C@H](C(=O)Nc1cccc2c1CC=C2c1nc(Nc2ccc(CCO)nc2)ncc1C)N1CCN(C)CC1. The van der Waals surface area contributed by atoms with Gasteiger partial charge in [-0.1, -0.05) is 18.2 Å². The number of carbonyl (C=O) groups is 1. The Hall–Kier alpha value is -3.70. The van der Waals surface area contributed by atoms with Crippen LogP contribution in [0.25, 0.3) is 5.57 Å². The molecule has 2 aliphatic rings. The number of ether oxygens (including phenoxy) is 1. The number of nitrogens with one attached hydrogen (secondary N) is 2. The van der Waals surface area contributed by atoms with Gasteiger partial charge in [0.2, 0.25) is 11.9 Å². The van der Waals surface area contributed by atoms with Gasteiger partial charge in [0.15, 0.2) is 0 Å². The Morgan fingerprint density at radius 2 is 1.95 bits per heavy atom. The van der Waals surface area contributed by atoms with Crippen LogP contribution in [-0.2, 0) is 22.4 Å². The van der Waals surface area contributed by atoms with Gasteiger partial charge in [-0.05, 0) is 55.3 Å². The predicted octanol–water partition coefficient (Wildman–Crippen LogP) is 2.65. The number of anilines is 3. The molecule has 1 aliphatic carbocycles. The second-order valence-corrected chi connectivity index (χ2v) is 10.3. The van der Waals surface area contributed by atoms with E-state index >= 15 is 0 Å². The van der Waals surface area contributed by atoms with E-state index < -0.39 is 0 Å². The summed E-state index contributed by atoms with van der Waals surface area (Å²) in [4.78, 5) is 31.6. The maximum absolute atomic E-state index is 13.5. The van der Waals surface area contributed by atoms with Gasteiger partial charge in [0.1, 0.15) is 6.04 Å². The highest BCUT2D eigenvalue weighted by Gasteiger charge is 2.30. The number of aryl methyl sites for hydroxylation is 1. The van der Waals surface area contributed by atoms with Gasteiger partial charge in [-0.25, -0.2) is 9.97 Å². The van der Waals surface area contributed by atoms with E-state index in [1.807, 2.05) is 37.4 Å². The zero-order chi connectivity index (χ0) is 28.1. The highest BCUT2D eigenvalue weighted by atomic mass is 16.5. The zero-order valence-electron chi connectivity index (χ0n) is 23.4. The van der Waals surface area contributed by atoms with Crippen molar-refractivity contribution in [3.63, 3.8) is 0 Å². The number of aliphatic hydroxyl groups excluding tert-OH is 1. The molecule has 5 rings (SSSR count). The predicted molar refractivity (Wildman–Crippen MR) is 156 cm³/mol. The molecule has 1 amide bonds. The molecule has 0 bridgehead atoms. The number of hydrogen-bond donors (Lipinski definition) is 3. The van der Waals surface area contributed by atoms with Crippen LogP contribution in [-0.4, -0.2) is 95.4 Å². The third-order valence-corrected chi connectivity index (χ3v) is 7.52. The number of pyridine rings is 1. The van der Waals surface area contributed by atoms with Gasteiger partial charge in [0, 0.05) is 69.5 Å². The lowest BCUT2D eigenvalue weighted by Gasteiger charge is -2.36. The number of likely N-dealkylation sites (N-methyl/N-ethyl adjacent to an activating group) is 1. The molecule has 1 aliphatic heterocycles. The van der Waals surface area contributed by atoms with Gasteiger partial charge in [-0.15, -0.1) is 0 Å². The number of nitrogens with zero attached hydrogens (tertiary/aromatic N) is 5. The van der Waals surface area contributed by atoms with E-state index in [9.17, 15) is 4.79 Å². The fourth-order valence-electron chi connectivity index (χ4n) is 5.23. The van der Waals surface area contributed by atoms with Crippen LogP contribution in [0, 0.1) is 6.92 Å². The first-order valence-corrected chi connectivity index (χ1v) is 13.7. The standard InChI is InChI=1S/C30H37N7O3/c1-20-17-32-30(33-22-8-7-21(11-16-38)31-18-22)35-28(20)25-10-9-24-23(25)5-4-6-26(24)34-29(39)27(19-40-3)37-14-12-36(2)13-15-37/h4-8,10,17-18,27,38H,9,11-16,19H2,1-3H3,(H,34,39)(H,32,33,35)/t27-/m1/s1. The lowest BCUT2D eigenvalue weighted by atomic mass is 9.99. The Labute approximate surface area is 235 Å². The summed E-state index contributed by atoms with van der Waals surface area (Å²) in [7, 11) is 3.75. The Morgan fingerprint density at radius 1 is 1.12 bits per heavy atom. The second-order valence-electron chi connectivity index (χ2n) is 10.3. The van der Waals surface area contributed by atoms with Gasteiger partial charge < -0.3 is 25.4 Å². The van der Waals surface area contributed by atoms with E-state index in [2.05, 4.69) is 49.6 Å². The molecule has 0 saturated carbocycles. The third-order valence-electron chi connectivity index (χ3n) is 7.52. The lowest BCUT2D eigenvalue weighted by molar-refractivity contribution is -0.124. The van der Waals surface area contributed by atoms with E-state index in [4.69, 9.17) is 14.8 Å². The molecule has 3 heterocycles. The summed E-state index contributed by atoms with van der Waals surface area (Å²) in [5.41, 5.74) is 7.39. The molecule has 3 N–H and O–H groups in total. The van der Waals surface area contributed by atoms with E-state index in [-0.39, 0.29) is 18.6 Å². The normalized spacial score (nSPS) is 16.4. The molecule has 0 radical (unpaired) electrons. The number of piperazine rings is 1. The highest BCUT2D eigenvalue weighted by Crippen LogP contribution is 2.37. The number of methoxy groups -OCH3 is 1. The smallest absolute Gasteiger partial charge is 0.244 e. The Balaban J connectivity index is 1.34. The van der Waals surface area contributed by atoms with Crippen LogP contribution in [0.5, 0.6) is 0 Å². The summed E-state index contributed by atoms with van der Waals surface area (Å²) >= 11 is 0. The third kappa shape index (κ3) is 6.20. The molecule has 3 aromatic rings. The van der Waals surface area contributed by atoms with E-state index in [0.29, 0.717) is 25.4 Å². The molecule has 1 atom stereocenters. The summed E-state index contributed by atoms with van der Waals surface area (Å²) in [6.45, 7) is 5.95. The van der Waals surface area contributed by atoms with E-state index in [0.717, 1.165) is 71.2 Å². The average Bonchev–Trinajstić information content (AvgIpc) is 3.39. The molecular weight excluding hydrogens is 506 g/mol. The number of carbonyl (C=O) groups excluding carboxylic acids is 1. The molecule has 10 heteroatoms. The van der Waals surface area contributed by atoms with Gasteiger partial charge in [0.05, 0.1) is 24.2 Å². The monoisotopic (exact) mass is 543 g/mol. The number of fused-ring (bicyclic) bond motifs is 1. The van der Waals surface area contributed by atoms with Crippen molar-refractivity contribution < 1.29 is 14.6 Å². The number of aliphatic hydroxyl groups is 1. The first-order valence-electron chi connectivity index (χ1n) is 13.7. The Bertz CT molecular complexity index is 1370. The van der Waals surface area contributed by atoms with Gasteiger partial charge >= 0.3 is 0 Å². The van der Waals surface area contributed by atoms with Crippen molar-refractivity contribution in [1.29, 1.82) is 0 Å².